The Balaban J connectivity index is 1.66. The first-order valence-electron chi connectivity index (χ1n) is 7.50. The van der Waals surface area contributed by atoms with E-state index in [0.717, 1.165) is 44.1 Å². The number of anilines is 1. The van der Waals surface area contributed by atoms with E-state index >= 15 is 0 Å². The van der Waals surface area contributed by atoms with Gasteiger partial charge < -0.3 is 15.0 Å². The maximum Gasteiger partial charge on any atom is 0.173 e. The molecule has 2 aliphatic rings. The number of rotatable bonds is 2. The van der Waals surface area contributed by atoms with Gasteiger partial charge in [0, 0.05) is 25.4 Å². The van der Waals surface area contributed by atoms with Crippen LogP contribution in [0.5, 0.6) is 0 Å². The molecule has 0 aromatic heterocycles. The third kappa shape index (κ3) is 2.96. The van der Waals surface area contributed by atoms with E-state index in [0.29, 0.717) is 6.10 Å². The summed E-state index contributed by atoms with van der Waals surface area (Å²) in [5, 5.41) is 4.22. The number of aryl methyl sites for hydroxylation is 2. The van der Waals surface area contributed by atoms with Crippen LogP contribution in [0.15, 0.2) is 18.2 Å². The van der Waals surface area contributed by atoms with Crippen molar-refractivity contribution in [2.24, 2.45) is 0 Å². The van der Waals surface area contributed by atoms with Crippen molar-refractivity contribution >= 4 is 23.0 Å². The lowest BCUT2D eigenvalue weighted by Gasteiger charge is -2.32. The molecular weight excluding hydrogens is 268 g/mol. The molecule has 1 aromatic rings. The first kappa shape index (κ1) is 13.8. The van der Waals surface area contributed by atoms with Gasteiger partial charge in [0.1, 0.15) is 0 Å². The lowest BCUT2D eigenvalue weighted by Crippen LogP contribution is -2.45. The molecule has 1 fully saturated rings. The lowest BCUT2D eigenvalue weighted by molar-refractivity contribution is 0.114. The Labute approximate surface area is 126 Å². The molecule has 0 spiro atoms. The first-order valence-corrected chi connectivity index (χ1v) is 7.91. The molecule has 0 saturated carbocycles. The molecule has 3 nitrogen and oxygen atoms in total. The number of benzene rings is 1. The van der Waals surface area contributed by atoms with E-state index in [4.69, 9.17) is 17.0 Å². The highest BCUT2D eigenvalue weighted by Gasteiger charge is 2.21. The van der Waals surface area contributed by atoms with Crippen LogP contribution in [0.4, 0.5) is 5.69 Å². The van der Waals surface area contributed by atoms with Gasteiger partial charge in [-0.2, -0.15) is 0 Å². The molecule has 1 aromatic carbocycles. The first-order chi connectivity index (χ1) is 9.74. The van der Waals surface area contributed by atoms with E-state index in [2.05, 4.69) is 35.3 Å². The highest BCUT2D eigenvalue weighted by Crippen LogP contribution is 2.28. The van der Waals surface area contributed by atoms with Crippen LogP contribution in [-0.4, -0.2) is 30.9 Å². The van der Waals surface area contributed by atoms with Gasteiger partial charge in [0.2, 0.25) is 0 Å². The summed E-state index contributed by atoms with van der Waals surface area (Å²) < 4.78 is 5.64. The highest BCUT2D eigenvalue weighted by atomic mass is 32.1. The number of hydrogen-bond donors (Lipinski definition) is 1. The molecule has 1 N–H and O–H groups in total. The number of thiocarbonyl (C=S) groups is 1. The molecule has 0 radical (unpaired) electrons. The minimum absolute atomic E-state index is 0.329. The highest BCUT2D eigenvalue weighted by molar-refractivity contribution is 7.80. The second-order valence-corrected chi connectivity index (χ2v) is 6.10. The monoisotopic (exact) mass is 290 g/mol. The normalized spacial score (nSPS) is 21.6. The summed E-state index contributed by atoms with van der Waals surface area (Å²) in [5.74, 6) is 0. The van der Waals surface area contributed by atoms with Gasteiger partial charge in [-0.1, -0.05) is 17.7 Å². The quantitative estimate of drug-likeness (QED) is 0.847. The molecule has 108 valence electrons. The fraction of sp³-hybridized carbons (Fsp3) is 0.562. The molecule has 2 aliphatic heterocycles. The Morgan fingerprint density at radius 3 is 3.15 bits per heavy atom. The van der Waals surface area contributed by atoms with E-state index in [1.807, 2.05) is 0 Å². The average Bonchev–Trinajstić information content (AvgIpc) is 2.97. The van der Waals surface area contributed by atoms with Crippen LogP contribution in [0.25, 0.3) is 0 Å². The smallest absolute Gasteiger partial charge is 0.173 e. The molecule has 0 bridgehead atoms. The minimum Gasteiger partial charge on any atom is -0.376 e. The van der Waals surface area contributed by atoms with Gasteiger partial charge in [-0.15, -0.1) is 0 Å². The SMILES string of the molecule is Cc1ccc2c(c1)CCCN2C(=S)NC[C@H]1CCCO1. The van der Waals surface area contributed by atoms with Gasteiger partial charge >= 0.3 is 0 Å². The molecule has 4 heteroatoms. The van der Waals surface area contributed by atoms with Gasteiger partial charge in [-0.3, -0.25) is 0 Å². The number of fused-ring (bicyclic) bond motifs is 1. The molecule has 1 atom stereocenters. The molecular formula is C16H22N2OS. The van der Waals surface area contributed by atoms with Gasteiger partial charge in [-0.05, 0) is 56.5 Å². The summed E-state index contributed by atoms with van der Waals surface area (Å²) in [6.45, 7) is 4.88. The van der Waals surface area contributed by atoms with Gasteiger partial charge in [0.25, 0.3) is 0 Å². The third-order valence-electron chi connectivity index (χ3n) is 4.10. The largest absolute Gasteiger partial charge is 0.376 e. The van der Waals surface area contributed by atoms with E-state index in [1.54, 1.807) is 0 Å². The zero-order valence-corrected chi connectivity index (χ0v) is 12.8. The number of nitrogens with one attached hydrogen (secondary N) is 1. The van der Waals surface area contributed by atoms with E-state index in [9.17, 15) is 0 Å². The van der Waals surface area contributed by atoms with Crippen LogP contribution in [0.2, 0.25) is 0 Å². The summed E-state index contributed by atoms with van der Waals surface area (Å²) >= 11 is 5.58. The summed E-state index contributed by atoms with van der Waals surface area (Å²) in [7, 11) is 0. The van der Waals surface area contributed by atoms with E-state index in [-0.39, 0.29) is 0 Å². The molecule has 0 aliphatic carbocycles. The van der Waals surface area contributed by atoms with Crippen LogP contribution < -0.4 is 10.2 Å². The maximum absolute atomic E-state index is 5.64. The number of nitrogens with zero attached hydrogens (tertiary/aromatic N) is 1. The minimum atomic E-state index is 0.329. The van der Waals surface area contributed by atoms with Crippen molar-refractivity contribution in [1.29, 1.82) is 0 Å². The second-order valence-electron chi connectivity index (χ2n) is 5.71. The van der Waals surface area contributed by atoms with Gasteiger partial charge in [0.05, 0.1) is 6.10 Å². The van der Waals surface area contributed by atoms with Crippen LogP contribution in [0.1, 0.15) is 30.4 Å². The summed E-state index contributed by atoms with van der Waals surface area (Å²) in [6.07, 6.45) is 4.96. The van der Waals surface area contributed by atoms with Crippen LogP contribution >= 0.6 is 12.2 Å². The topological polar surface area (TPSA) is 24.5 Å². The van der Waals surface area contributed by atoms with Crippen molar-refractivity contribution in [2.75, 3.05) is 24.6 Å². The van der Waals surface area contributed by atoms with E-state index in [1.165, 1.54) is 23.2 Å². The average molecular weight is 290 g/mol. The molecule has 2 heterocycles. The standard InChI is InChI=1S/C16H22N2OS/c1-12-6-7-15-13(10-12)4-2-8-18(15)16(20)17-11-14-5-3-9-19-14/h6-7,10,14H,2-5,8-9,11H2,1H3,(H,17,20)/t14-/m1/s1. The fourth-order valence-corrected chi connectivity index (χ4v) is 3.31. The van der Waals surface area contributed by atoms with E-state index < -0.39 is 0 Å². The zero-order chi connectivity index (χ0) is 13.9. The Kier molecular flexibility index (Phi) is 4.22. The molecule has 0 unspecified atom stereocenters. The van der Waals surface area contributed by atoms with Gasteiger partial charge in [-0.25, -0.2) is 0 Å². The van der Waals surface area contributed by atoms with Crippen LogP contribution in [0, 0.1) is 6.92 Å². The molecule has 0 amide bonds. The number of hydrogen-bond acceptors (Lipinski definition) is 2. The van der Waals surface area contributed by atoms with Crippen molar-refractivity contribution in [3.63, 3.8) is 0 Å². The molecule has 20 heavy (non-hydrogen) atoms. The fourth-order valence-electron chi connectivity index (χ4n) is 3.04. The van der Waals surface area contributed by atoms with Crippen LogP contribution in [-0.2, 0) is 11.2 Å². The Hall–Kier alpha value is -1.13. The Morgan fingerprint density at radius 2 is 2.35 bits per heavy atom. The predicted molar refractivity (Wildman–Crippen MR) is 86.4 cm³/mol. The van der Waals surface area contributed by atoms with Crippen LogP contribution in [0.3, 0.4) is 0 Å². The predicted octanol–water partition coefficient (Wildman–Crippen LogP) is 2.80. The third-order valence-corrected chi connectivity index (χ3v) is 4.47. The summed E-state index contributed by atoms with van der Waals surface area (Å²) in [5.41, 5.74) is 4.01. The van der Waals surface area contributed by atoms with Gasteiger partial charge in [0.15, 0.2) is 5.11 Å². The maximum atomic E-state index is 5.64. The van der Waals surface area contributed by atoms with Crippen molar-refractivity contribution in [2.45, 2.75) is 38.7 Å². The lowest BCUT2D eigenvalue weighted by atomic mass is 10.00. The van der Waals surface area contributed by atoms with Crippen molar-refractivity contribution in [1.82, 2.24) is 5.32 Å². The zero-order valence-electron chi connectivity index (χ0n) is 12.0. The van der Waals surface area contributed by atoms with Crippen molar-refractivity contribution in [3.8, 4) is 0 Å². The Morgan fingerprint density at radius 1 is 1.45 bits per heavy atom. The molecule has 1 saturated heterocycles. The summed E-state index contributed by atoms with van der Waals surface area (Å²) in [4.78, 5) is 2.24. The van der Waals surface area contributed by atoms with Crippen molar-refractivity contribution < 1.29 is 4.74 Å². The Bertz CT molecular complexity index is 497. The summed E-state index contributed by atoms with van der Waals surface area (Å²) in [6, 6.07) is 6.65. The van der Waals surface area contributed by atoms with Crippen molar-refractivity contribution in [3.05, 3.63) is 29.3 Å². The molecule has 3 rings (SSSR count). The number of ether oxygens (including phenoxy) is 1. The second kappa shape index (κ2) is 6.10.